The normalized spacial score (nSPS) is 33.8. The minimum Gasteiger partial charge on any atom is -0.497 e. The summed E-state index contributed by atoms with van der Waals surface area (Å²) in [6.07, 6.45) is 12.2. The number of hydrogen-bond acceptors (Lipinski definition) is 2. The highest BCUT2D eigenvalue weighted by Gasteiger charge is 2.46. The lowest BCUT2D eigenvalue weighted by atomic mass is 9.82. The van der Waals surface area contributed by atoms with E-state index < -0.39 is 0 Å². The Labute approximate surface area is 138 Å². The van der Waals surface area contributed by atoms with Crippen LogP contribution in [-0.4, -0.2) is 34.7 Å². The fourth-order valence-corrected chi connectivity index (χ4v) is 5.39. The summed E-state index contributed by atoms with van der Waals surface area (Å²) in [7, 11) is 1.74. The van der Waals surface area contributed by atoms with Crippen molar-refractivity contribution in [3.05, 3.63) is 30.5 Å². The van der Waals surface area contributed by atoms with Crippen molar-refractivity contribution < 1.29 is 4.74 Å². The summed E-state index contributed by atoms with van der Waals surface area (Å²) in [4.78, 5) is 2.92. The van der Waals surface area contributed by atoms with Crippen molar-refractivity contribution in [2.45, 2.75) is 69.1 Å². The molecule has 122 valence electrons. The van der Waals surface area contributed by atoms with Gasteiger partial charge in [-0.3, -0.25) is 4.90 Å². The van der Waals surface area contributed by atoms with E-state index in [0.717, 1.165) is 23.9 Å². The molecule has 1 saturated carbocycles. The molecule has 3 aliphatic rings. The van der Waals surface area contributed by atoms with Crippen molar-refractivity contribution in [1.82, 2.24) is 9.47 Å². The monoisotopic (exact) mass is 310 g/mol. The van der Waals surface area contributed by atoms with E-state index in [2.05, 4.69) is 39.9 Å². The maximum atomic E-state index is 5.37. The van der Waals surface area contributed by atoms with Crippen LogP contribution in [0.5, 0.6) is 5.75 Å². The summed E-state index contributed by atoms with van der Waals surface area (Å²) in [5.74, 6) is 0.953. The Hall–Kier alpha value is -1.48. The van der Waals surface area contributed by atoms with E-state index in [0.29, 0.717) is 6.04 Å². The Morgan fingerprint density at radius 2 is 1.70 bits per heavy atom. The number of fused-ring (bicyclic) bond motifs is 3. The third kappa shape index (κ3) is 2.06. The van der Waals surface area contributed by atoms with Gasteiger partial charge < -0.3 is 9.30 Å². The lowest BCUT2D eigenvalue weighted by Crippen LogP contribution is -2.54. The Kier molecular flexibility index (Phi) is 3.19. The summed E-state index contributed by atoms with van der Waals surface area (Å²) < 4.78 is 7.91. The minimum atomic E-state index is 0.669. The molecule has 4 unspecified atom stereocenters. The van der Waals surface area contributed by atoms with Crippen LogP contribution >= 0.6 is 0 Å². The minimum absolute atomic E-state index is 0.669. The van der Waals surface area contributed by atoms with Gasteiger partial charge in [0.2, 0.25) is 0 Å². The molecule has 0 radical (unpaired) electrons. The van der Waals surface area contributed by atoms with Crippen LogP contribution in [0.15, 0.2) is 30.5 Å². The fraction of sp³-hybridized carbons (Fsp3) is 0.600. The van der Waals surface area contributed by atoms with Gasteiger partial charge in [0.15, 0.2) is 0 Å². The first kappa shape index (κ1) is 13.9. The number of ether oxygens (including phenoxy) is 1. The molecule has 5 rings (SSSR count). The molecule has 0 amide bonds. The van der Waals surface area contributed by atoms with Gasteiger partial charge in [-0.05, 0) is 62.8 Å². The molecule has 23 heavy (non-hydrogen) atoms. The van der Waals surface area contributed by atoms with Crippen molar-refractivity contribution in [2.24, 2.45) is 0 Å². The van der Waals surface area contributed by atoms with Gasteiger partial charge >= 0.3 is 0 Å². The Balaban J connectivity index is 1.46. The molecular formula is C20H26N2O. The molecule has 0 spiro atoms. The highest BCUT2D eigenvalue weighted by molar-refractivity contribution is 5.82. The lowest BCUT2D eigenvalue weighted by Gasteiger charge is -2.50. The van der Waals surface area contributed by atoms with Crippen molar-refractivity contribution in [3.63, 3.8) is 0 Å². The number of piperidine rings is 1. The van der Waals surface area contributed by atoms with Gasteiger partial charge in [0, 0.05) is 41.3 Å². The summed E-state index contributed by atoms with van der Waals surface area (Å²) >= 11 is 0. The van der Waals surface area contributed by atoms with Crippen molar-refractivity contribution in [3.8, 4) is 5.75 Å². The largest absolute Gasteiger partial charge is 0.497 e. The molecule has 3 nitrogen and oxygen atoms in total. The Bertz CT molecular complexity index is 706. The summed E-state index contributed by atoms with van der Waals surface area (Å²) in [6.45, 7) is 0. The second-order valence-electron chi connectivity index (χ2n) is 7.62. The summed E-state index contributed by atoms with van der Waals surface area (Å²) in [5.41, 5.74) is 1.37. The summed E-state index contributed by atoms with van der Waals surface area (Å²) in [6, 6.07) is 11.9. The van der Waals surface area contributed by atoms with Gasteiger partial charge in [0.1, 0.15) is 5.75 Å². The van der Waals surface area contributed by atoms with Gasteiger partial charge in [0.25, 0.3) is 0 Å². The third-order valence-electron chi connectivity index (χ3n) is 6.62. The number of benzene rings is 1. The lowest BCUT2D eigenvalue weighted by molar-refractivity contribution is 0.00773. The molecule has 3 heteroatoms. The second-order valence-corrected chi connectivity index (χ2v) is 7.62. The molecule has 3 fully saturated rings. The number of hydrogen-bond donors (Lipinski definition) is 0. The molecule has 4 atom stereocenters. The molecule has 2 aliphatic heterocycles. The molecule has 2 aromatic rings. The van der Waals surface area contributed by atoms with Gasteiger partial charge in [-0.25, -0.2) is 0 Å². The van der Waals surface area contributed by atoms with Gasteiger partial charge in [-0.15, -0.1) is 0 Å². The molecule has 1 aromatic heterocycles. The van der Waals surface area contributed by atoms with Gasteiger partial charge in [-0.2, -0.15) is 0 Å². The van der Waals surface area contributed by atoms with Gasteiger partial charge in [-0.1, -0.05) is 6.42 Å². The van der Waals surface area contributed by atoms with E-state index in [1.807, 2.05) is 0 Å². The molecule has 2 bridgehead atoms. The van der Waals surface area contributed by atoms with Gasteiger partial charge in [0.05, 0.1) is 7.11 Å². The molecule has 3 heterocycles. The van der Waals surface area contributed by atoms with Crippen LogP contribution in [0.4, 0.5) is 0 Å². The highest BCUT2D eigenvalue weighted by Crippen LogP contribution is 2.46. The maximum Gasteiger partial charge on any atom is 0.119 e. The first-order chi connectivity index (χ1) is 11.3. The van der Waals surface area contributed by atoms with E-state index in [1.165, 1.54) is 55.8 Å². The number of methoxy groups -OCH3 is 1. The van der Waals surface area contributed by atoms with Crippen molar-refractivity contribution in [2.75, 3.05) is 7.11 Å². The predicted molar refractivity (Wildman–Crippen MR) is 93.0 cm³/mol. The van der Waals surface area contributed by atoms with E-state index in [9.17, 15) is 0 Å². The van der Waals surface area contributed by atoms with Crippen LogP contribution in [-0.2, 0) is 0 Å². The van der Waals surface area contributed by atoms with Crippen LogP contribution in [0.1, 0.15) is 51.0 Å². The number of aromatic nitrogens is 1. The zero-order valence-corrected chi connectivity index (χ0v) is 13.9. The third-order valence-corrected chi connectivity index (χ3v) is 6.62. The standard InChI is InChI=1S/C20H26N2O/c1-23-17-7-8-18-14(13-17)11-12-21(18)19-9-10-20(19)22-15-3-2-4-16(22)6-5-15/h7-8,11-13,15-16,19-20H,2-6,9-10H2,1H3. The van der Waals surface area contributed by atoms with Crippen LogP contribution in [0, 0.1) is 0 Å². The molecule has 2 saturated heterocycles. The van der Waals surface area contributed by atoms with Crippen molar-refractivity contribution in [1.29, 1.82) is 0 Å². The summed E-state index contributed by atoms with van der Waals surface area (Å²) in [5, 5.41) is 1.30. The van der Waals surface area contributed by atoms with Crippen LogP contribution in [0.25, 0.3) is 10.9 Å². The number of nitrogens with zero attached hydrogens (tertiary/aromatic N) is 2. The predicted octanol–water partition coefficient (Wildman–Crippen LogP) is 4.37. The molecule has 1 aromatic carbocycles. The van der Waals surface area contributed by atoms with Crippen molar-refractivity contribution >= 4 is 10.9 Å². The Morgan fingerprint density at radius 3 is 2.39 bits per heavy atom. The van der Waals surface area contributed by atoms with E-state index in [-0.39, 0.29) is 0 Å². The smallest absolute Gasteiger partial charge is 0.119 e. The average Bonchev–Trinajstić information content (AvgIpc) is 3.04. The van der Waals surface area contributed by atoms with Crippen LogP contribution in [0.2, 0.25) is 0 Å². The second kappa shape index (κ2) is 5.27. The average molecular weight is 310 g/mol. The van der Waals surface area contributed by atoms with Crippen LogP contribution < -0.4 is 4.74 Å². The first-order valence-corrected chi connectivity index (χ1v) is 9.27. The van der Waals surface area contributed by atoms with E-state index in [4.69, 9.17) is 4.74 Å². The van der Waals surface area contributed by atoms with E-state index >= 15 is 0 Å². The highest BCUT2D eigenvalue weighted by atomic mass is 16.5. The fourth-order valence-electron chi connectivity index (χ4n) is 5.39. The topological polar surface area (TPSA) is 17.4 Å². The molecule has 0 N–H and O–H groups in total. The molecular weight excluding hydrogens is 284 g/mol. The SMILES string of the molecule is COc1ccc2c(ccn2C2CCC2N2C3CCCC2CC3)c1. The zero-order chi connectivity index (χ0) is 15.4. The Morgan fingerprint density at radius 1 is 0.913 bits per heavy atom. The quantitative estimate of drug-likeness (QED) is 0.837. The van der Waals surface area contributed by atoms with Crippen LogP contribution in [0.3, 0.4) is 0 Å². The van der Waals surface area contributed by atoms with E-state index in [1.54, 1.807) is 7.11 Å². The number of rotatable bonds is 3. The zero-order valence-electron chi connectivity index (χ0n) is 13.9. The maximum absolute atomic E-state index is 5.37. The molecule has 1 aliphatic carbocycles. The first-order valence-electron chi connectivity index (χ1n) is 9.27.